The molecule has 0 radical (unpaired) electrons. The Bertz CT molecular complexity index is 547. The van der Waals surface area contributed by atoms with Gasteiger partial charge in [-0.1, -0.05) is 39.9 Å². The molecule has 0 saturated heterocycles. The van der Waals surface area contributed by atoms with Crippen LogP contribution in [-0.2, 0) is 0 Å². The molecule has 0 aromatic carbocycles. The van der Waals surface area contributed by atoms with E-state index >= 15 is 0 Å². The largest absolute Gasteiger partial charge is 0.397 e. The van der Waals surface area contributed by atoms with Gasteiger partial charge in [0, 0.05) is 35.2 Å². The Labute approximate surface area is 182 Å². The second kappa shape index (κ2) is 14.0. The molecule has 0 atom stereocenters. The van der Waals surface area contributed by atoms with Gasteiger partial charge in [-0.15, -0.1) is 0 Å². The highest BCUT2D eigenvalue weighted by Gasteiger charge is 2.25. The van der Waals surface area contributed by atoms with Crippen molar-refractivity contribution in [3.8, 4) is 0 Å². The van der Waals surface area contributed by atoms with E-state index in [1.165, 1.54) is 0 Å². The topological polar surface area (TPSA) is 98.9 Å². The van der Waals surface area contributed by atoms with Crippen LogP contribution in [0.1, 0.15) is 34.6 Å². The van der Waals surface area contributed by atoms with Gasteiger partial charge in [0.15, 0.2) is 13.3 Å². The Morgan fingerprint density at radius 3 is 1.86 bits per heavy atom. The zero-order valence-corrected chi connectivity index (χ0v) is 21.3. The molecule has 2 rings (SSSR count). The molecule has 3 N–H and O–H groups in total. The number of nitrogens with two attached hydrogens (primary N) is 1. The van der Waals surface area contributed by atoms with Crippen LogP contribution < -0.4 is 5.73 Å². The maximum Gasteiger partial charge on any atom is 0.186 e. The van der Waals surface area contributed by atoms with Crippen LogP contribution in [0, 0.1) is 10.8 Å². The molecular weight excluding hydrogens is 408 g/mol. The van der Waals surface area contributed by atoms with E-state index < -0.39 is 8.24 Å². The van der Waals surface area contributed by atoms with Crippen molar-refractivity contribution in [2.75, 3.05) is 26.2 Å². The lowest BCUT2D eigenvalue weighted by Gasteiger charge is -2.16. The molecule has 7 nitrogen and oxygen atoms in total. The predicted octanol–water partition coefficient (Wildman–Crippen LogP) is 3.93. The Hall–Kier alpha value is -1.10. The fraction of sp³-hybridized carbons (Fsp3) is 0.778. The summed E-state index contributed by atoms with van der Waals surface area (Å²) in [6.07, 6.45) is 3.58. The maximum atomic E-state index is 7.57. The van der Waals surface area contributed by atoms with E-state index in [2.05, 4.69) is 79.5 Å². The van der Waals surface area contributed by atoms with Crippen molar-refractivity contribution >= 4 is 55.6 Å². The third-order valence-corrected chi connectivity index (χ3v) is 4.23. The minimum atomic E-state index is -1.21. The van der Waals surface area contributed by atoms with Gasteiger partial charge in [0.05, 0.1) is 19.6 Å². The highest BCUT2D eigenvalue weighted by molar-refractivity contribution is 7.80. The van der Waals surface area contributed by atoms with E-state index in [4.69, 9.17) is 23.1 Å². The van der Waals surface area contributed by atoms with Crippen LogP contribution in [0.5, 0.6) is 0 Å². The van der Waals surface area contributed by atoms with E-state index in [9.17, 15) is 0 Å². The van der Waals surface area contributed by atoms with Gasteiger partial charge in [-0.3, -0.25) is 0 Å². The van der Waals surface area contributed by atoms with Gasteiger partial charge in [-0.05, 0) is 38.8 Å². The number of aliphatic hydroxyl groups excluding tert-OH is 1. The second-order valence-corrected chi connectivity index (χ2v) is 14.1. The van der Waals surface area contributed by atoms with Crippen molar-refractivity contribution in [3.63, 3.8) is 0 Å². The average molecular weight is 447 g/mol. The standard InChI is InChI=1S/C6H11N3S.C5H10N2.C5H11NSSi.C2H6O/c1-6(2)3-8-9(4-6)5(7)10;1-5(2)3-6-7-4-5;1-8(2,3)6-4-5-7;1-2-3/h3H,4H2,1-2H3,(H2,7,10);3-4H2,1-2H3;4-5H,1-3H3;3H,2H2,1H3. The number of hydrogen-bond acceptors (Lipinski definition) is 7. The lowest BCUT2D eigenvalue weighted by atomic mass is 9.96. The zero-order valence-electron chi connectivity index (χ0n) is 18.6. The van der Waals surface area contributed by atoms with Gasteiger partial charge in [0.25, 0.3) is 0 Å². The lowest BCUT2D eigenvalue weighted by molar-refractivity contribution is 0.318. The molecular formula is C18H38N6OS2Si. The number of hydrazone groups is 1. The first-order valence-electron chi connectivity index (χ1n) is 9.25. The van der Waals surface area contributed by atoms with Gasteiger partial charge < -0.3 is 15.5 Å². The fourth-order valence-corrected chi connectivity index (χ4v) is 2.42. The molecule has 0 spiro atoms. The summed E-state index contributed by atoms with van der Waals surface area (Å²) in [6, 6.07) is 0. The van der Waals surface area contributed by atoms with Crippen molar-refractivity contribution in [3.05, 3.63) is 0 Å². The van der Waals surface area contributed by atoms with Gasteiger partial charge >= 0.3 is 0 Å². The lowest BCUT2D eigenvalue weighted by Crippen LogP contribution is -2.33. The van der Waals surface area contributed by atoms with Crippen LogP contribution in [0.2, 0.25) is 19.6 Å². The van der Waals surface area contributed by atoms with Crippen molar-refractivity contribution < 1.29 is 5.11 Å². The molecule has 0 aromatic rings. The zero-order chi connectivity index (χ0) is 22.4. The highest BCUT2D eigenvalue weighted by Crippen LogP contribution is 2.20. The maximum absolute atomic E-state index is 7.57. The summed E-state index contributed by atoms with van der Waals surface area (Å²) in [5.74, 6) is 0. The van der Waals surface area contributed by atoms with E-state index in [-0.39, 0.29) is 12.0 Å². The summed E-state index contributed by atoms with van der Waals surface area (Å²) in [6.45, 7) is 19.6. The molecule has 0 saturated carbocycles. The summed E-state index contributed by atoms with van der Waals surface area (Å²) in [7, 11) is -1.21. The summed E-state index contributed by atoms with van der Waals surface area (Å²) in [5.41, 5.74) is 5.84. The molecule has 0 fully saturated rings. The van der Waals surface area contributed by atoms with Crippen LogP contribution in [0.3, 0.4) is 0 Å². The molecule has 10 heteroatoms. The van der Waals surface area contributed by atoms with E-state index in [0.29, 0.717) is 10.5 Å². The van der Waals surface area contributed by atoms with Crippen LogP contribution in [0.4, 0.5) is 0 Å². The third kappa shape index (κ3) is 18.3. The van der Waals surface area contributed by atoms with Gasteiger partial charge in [0.1, 0.15) is 0 Å². The summed E-state index contributed by atoms with van der Waals surface area (Å²) in [5, 5.41) is 22.9. The van der Waals surface area contributed by atoms with Crippen molar-refractivity contribution in [1.29, 1.82) is 0 Å². The molecule has 0 unspecified atom stereocenters. The average Bonchev–Trinajstić information content (AvgIpc) is 3.11. The number of thiocarbonyl (C=S) groups is 2. The normalized spacial score (nSPS) is 18.4. The molecule has 2 heterocycles. The van der Waals surface area contributed by atoms with Crippen LogP contribution in [-0.4, -0.2) is 67.5 Å². The van der Waals surface area contributed by atoms with Gasteiger partial charge in [-0.25, -0.2) is 5.01 Å². The number of rotatable bonds is 2. The number of aliphatic hydroxyl groups is 1. The number of nitrogens with zero attached hydrogens (tertiary/aromatic N) is 5. The summed E-state index contributed by atoms with van der Waals surface area (Å²) < 4.78 is 4.23. The van der Waals surface area contributed by atoms with Crippen LogP contribution in [0.25, 0.3) is 0 Å². The molecule has 0 amide bonds. The Kier molecular flexibility index (Phi) is 14.5. The minimum absolute atomic E-state index is 0.115. The Morgan fingerprint density at radius 2 is 1.71 bits per heavy atom. The van der Waals surface area contributed by atoms with E-state index in [0.717, 1.165) is 19.6 Å². The van der Waals surface area contributed by atoms with Gasteiger partial charge in [-0.2, -0.15) is 15.3 Å². The van der Waals surface area contributed by atoms with E-state index in [1.54, 1.807) is 23.5 Å². The first kappa shape index (κ1) is 29.1. The highest BCUT2D eigenvalue weighted by atomic mass is 32.1. The Morgan fingerprint density at radius 1 is 1.25 bits per heavy atom. The molecule has 162 valence electrons. The second-order valence-electron chi connectivity index (χ2n) is 8.79. The molecule has 0 bridgehead atoms. The molecule has 0 aliphatic carbocycles. The van der Waals surface area contributed by atoms with Crippen molar-refractivity contribution in [2.45, 2.75) is 54.3 Å². The quantitative estimate of drug-likeness (QED) is 0.380. The van der Waals surface area contributed by atoms with Crippen LogP contribution >= 0.6 is 24.4 Å². The predicted molar refractivity (Wildman–Crippen MR) is 132 cm³/mol. The van der Waals surface area contributed by atoms with Crippen molar-refractivity contribution in [2.24, 2.45) is 36.6 Å². The molecule has 2 aliphatic heterocycles. The molecule has 28 heavy (non-hydrogen) atoms. The van der Waals surface area contributed by atoms with Crippen molar-refractivity contribution in [1.82, 2.24) is 5.01 Å². The third-order valence-electron chi connectivity index (χ3n) is 2.98. The smallest absolute Gasteiger partial charge is 0.186 e. The van der Waals surface area contributed by atoms with Crippen LogP contribution in [0.15, 0.2) is 20.0 Å². The molecule has 2 aliphatic rings. The molecule has 0 aromatic heterocycles. The van der Waals surface area contributed by atoms with Gasteiger partial charge in [0.2, 0.25) is 0 Å². The van der Waals surface area contributed by atoms with E-state index in [1.807, 2.05) is 6.21 Å². The SMILES string of the molecule is CC1(C)C=NN(C(N)=S)C1.CC1(C)CN=NC1.CCO.C[Si](C)(C)N=CC=S. The monoisotopic (exact) mass is 446 g/mol. The fourth-order valence-electron chi connectivity index (χ4n) is 1.62. The summed E-state index contributed by atoms with van der Waals surface area (Å²) in [4.78, 5) is 0. The minimum Gasteiger partial charge on any atom is -0.397 e. The Balaban J connectivity index is 0. The first-order chi connectivity index (χ1) is 12.7. The summed E-state index contributed by atoms with van der Waals surface area (Å²) >= 11 is 9.32. The number of azo groups is 1. The number of hydrogen-bond donors (Lipinski definition) is 2. The first-order valence-corrected chi connectivity index (χ1v) is 13.6.